The van der Waals surface area contributed by atoms with Crippen LogP contribution in [-0.2, 0) is 6.42 Å². The predicted octanol–water partition coefficient (Wildman–Crippen LogP) is 2.94. The third-order valence-electron chi connectivity index (χ3n) is 2.60. The topological polar surface area (TPSA) is 66.8 Å². The number of hydrogen-bond donors (Lipinski definition) is 2. The van der Waals surface area contributed by atoms with Crippen LogP contribution >= 0.6 is 11.3 Å². The highest BCUT2D eigenvalue weighted by atomic mass is 32.1. The second-order valence-electron chi connectivity index (χ2n) is 4.05. The van der Waals surface area contributed by atoms with Crippen LogP contribution in [-0.4, -0.2) is 29.4 Å². The van der Waals surface area contributed by atoms with Gasteiger partial charge < -0.3 is 14.9 Å². The zero-order chi connectivity index (χ0) is 13.4. The van der Waals surface area contributed by atoms with Crippen molar-refractivity contribution >= 4 is 17.3 Å². The Morgan fingerprint density at radius 2 is 2.06 bits per heavy atom. The van der Waals surface area contributed by atoms with Gasteiger partial charge in [0.15, 0.2) is 4.88 Å². The molecule has 2 N–H and O–H groups in total. The van der Waals surface area contributed by atoms with Crippen molar-refractivity contribution in [3.05, 3.63) is 15.8 Å². The molecule has 0 fully saturated rings. The van der Waals surface area contributed by atoms with Crippen LogP contribution in [0.1, 0.15) is 47.2 Å². The van der Waals surface area contributed by atoms with Crippen LogP contribution in [0.3, 0.4) is 0 Å². The molecule has 0 aliphatic rings. The average molecular weight is 272 g/mol. The second kappa shape index (κ2) is 8.11. The number of hydrogen-bond acceptors (Lipinski definition) is 4. The molecular weight excluding hydrogens is 252 g/mol. The number of aryl methyl sites for hydroxylation is 1. The molecule has 1 aromatic rings. The number of aliphatic hydroxyl groups excluding tert-OH is 1. The lowest BCUT2D eigenvalue weighted by Crippen LogP contribution is -2.01. The van der Waals surface area contributed by atoms with Gasteiger partial charge in [-0.15, -0.1) is 11.3 Å². The standard InChI is InChI=1S/C13H20O4S/c1-2-10-9-11(12(18-10)13(15)16)17-8-6-4-3-5-7-14/h9,14H,2-8H2,1H3,(H,15,16). The summed E-state index contributed by atoms with van der Waals surface area (Å²) >= 11 is 1.28. The lowest BCUT2D eigenvalue weighted by Gasteiger charge is -2.04. The molecule has 0 bridgehead atoms. The molecule has 0 unspecified atom stereocenters. The summed E-state index contributed by atoms with van der Waals surface area (Å²) in [4.78, 5) is 12.4. The molecule has 18 heavy (non-hydrogen) atoms. The Hall–Kier alpha value is -1.07. The fourth-order valence-electron chi connectivity index (χ4n) is 1.60. The van der Waals surface area contributed by atoms with Crippen molar-refractivity contribution in [2.75, 3.05) is 13.2 Å². The summed E-state index contributed by atoms with van der Waals surface area (Å²) in [6.45, 7) is 2.76. The smallest absolute Gasteiger partial charge is 0.349 e. The van der Waals surface area contributed by atoms with Crippen LogP contribution in [0.2, 0.25) is 0 Å². The Bertz CT molecular complexity index is 373. The van der Waals surface area contributed by atoms with E-state index in [1.54, 1.807) is 0 Å². The molecule has 1 aromatic heterocycles. The summed E-state index contributed by atoms with van der Waals surface area (Å²) in [5.41, 5.74) is 0. The van der Waals surface area contributed by atoms with Gasteiger partial charge in [0.1, 0.15) is 5.75 Å². The highest BCUT2D eigenvalue weighted by Crippen LogP contribution is 2.30. The number of aliphatic hydroxyl groups is 1. The van der Waals surface area contributed by atoms with Crippen molar-refractivity contribution < 1.29 is 19.7 Å². The molecule has 5 heteroatoms. The van der Waals surface area contributed by atoms with Gasteiger partial charge in [0.25, 0.3) is 0 Å². The second-order valence-corrected chi connectivity index (χ2v) is 5.19. The minimum Gasteiger partial charge on any atom is -0.492 e. The first-order valence-corrected chi connectivity index (χ1v) is 7.10. The molecule has 0 aliphatic carbocycles. The normalized spacial score (nSPS) is 10.6. The molecule has 0 saturated heterocycles. The molecule has 1 heterocycles. The Morgan fingerprint density at radius 3 is 2.67 bits per heavy atom. The number of aromatic carboxylic acids is 1. The minimum absolute atomic E-state index is 0.231. The van der Waals surface area contributed by atoms with Crippen molar-refractivity contribution in [3.8, 4) is 5.75 Å². The molecule has 0 saturated carbocycles. The van der Waals surface area contributed by atoms with E-state index in [0.717, 1.165) is 37.0 Å². The highest BCUT2D eigenvalue weighted by Gasteiger charge is 2.15. The van der Waals surface area contributed by atoms with Gasteiger partial charge in [0, 0.05) is 11.5 Å². The number of thiophene rings is 1. The number of unbranched alkanes of at least 4 members (excludes halogenated alkanes) is 3. The van der Waals surface area contributed by atoms with Crippen molar-refractivity contribution in [1.82, 2.24) is 0 Å². The number of ether oxygens (including phenoxy) is 1. The first-order valence-electron chi connectivity index (χ1n) is 6.28. The predicted molar refractivity (Wildman–Crippen MR) is 71.7 cm³/mol. The monoisotopic (exact) mass is 272 g/mol. The fourth-order valence-corrected chi connectivity index (χ4v) is 2.48. The molecule has 0 aromatic carbocycles. The molecule has 4 nitrogen and oxygen atoms in total. The summed E-state index contributed by atoms with van der Waals surface area (Å²) in [6, 6.07) is 1.82. The van der Waals surface area contributed by atoms with Crippen molar-refractivity contribution in [2.45, 2.75) is 39.0 Å². The quantitative estimate of drug-likeness (QED) is 0.678. The molecule has 0 atom stereocenters. The van der Waals surface area contributed by atoms with Gasteiger partial charge in [-0.1, -0.05) is 13.3 Å². The van der Waals surface area contributed by atoms with E-state index < -0.39 is 5.97 Å². The first kappa shape index (κ1) is 15.0. The maximum absolute atomic E-state index is 11.0. The number of rotatable bonds is 9. The highest BCUT2D eigenvalue weighted by molar-refractivity contribution is 7.14. The first-order chi connectivity index (χ1) is 8.69. The summed E-state index contributed by atoms with van der Waals surface area (Å²) < 4.78 is 5.53. The summed E-state index contributed by atoms with van der Waals surface area (Å²) in [5, 5.41) is 17.7. The van der Waals surface area contributed by atoms with Gasteiger partial charge in [-0.25, -0.2) is 4.79 Å². The Morgan fingerprint density at radius 1 is 1.33 bits per heavy atom. The van der Waals surface area contributed by atoms with E-state index in [-0.39, 0.29) is 6.61 Å². The van der Waals surface area contributed by atoms with Crippen LogP contribution in [0.25, 0.3) is 0 Å². The van der Waals surface area contributed by atoms with Gasteiger partial charge in [-0.05, 0) is 31.7 Å². The Labute approximate surface area is 111 Å². The third kappa shape index (κ3) is 4.66. The fraction of sp³-hybridized carbons (Fsp3) is 0.615. The average Bonchev–Trinajstić information content (AvgIpc) is 2.77. The zero-order valence-electron chi connectivity index (χ0n) is 10.6. The number of carbonyl (C=O) groups is 1. The van der Waals surface area contributed by atoms with Crippen LogP contribution in [0, 0.1) is 0 Å². The maximum Gasteiger partial charge on any atom is 0.349 e. The van der Waals surface area contributed by atoms with E-state index in [4.69, 9.17) is 14.9 Å². The van der Waals surface area contributed by atoms with Crippen LogP contribution < -0.4 is 4.74 Å². The Kier molecular flexibility index (Phi) is 6.75. The molecule has 0 aliphatic heterocycles. The lowest BCUT2D eigenvalue weighted by atomic mass is 10.2. The summed E-state index contributed by atoms with van der Waals surface area (Å²) in [7, 11) is 0. The van der Waals surface area contributed by atoms with E-state index >= 15 is 0 Å². The molecule has 0 spiro atoms. The van der Waals surface area contributed by atoms with Gasteiger partial charge in [0.05, 0.1) is 6.61 Å². The van der Waals surface area contributed by atoms with Gasteiger partial charge in [0.2, 0.25) is 0 Å². The minimum atomic E-state index is -0.921. The number of carboxylic acids is 1. The lowest BCUT2D eigenvalue weighted by molar-refractivity contribution is 0.0698. The Balaban J connectivity index is 2.41. The van der Waals surface area contributed by atoms with Crippen LogP contribution in [0.4, 0.5) is 0 Å². The van der Waals surface area contributed by atoms with E-state index in [9.17, 15) is 4.79 Å². The largest absolute Gasteiger partial charge is 0.492 e. The van der Waals surface area contributed by atoms with Crippen molar-refractivity contribution in [3.63, 3.8) is 0 Å². The van der Waals surface area contributed by atoms with Gasteiger partial charge >= 0.3 is 5.97 Å². The van der Waals surface area contributed by atoms with Crippen molar-refractivity contribution in [2.24, 2.45) is 0 Å². The maximum atomic E-state index is 11.0. The van der Waals surface area contributed by atoms with Crippen LogP contribution in [0.15, 0.2) is 6.07 Å². The van der Waals surface area contributed by atoms with Crippen molar-refractivity contribution in [1.29, 1.82) is 0 Å². The van der Waals surface area contributed by atoms with E-state index in [1.807, 2.05) is 13.0 Å². The SMILES string of the molecule is CCc1cc(OCCCCCCO)c(C(=O)O)s1. The molecule has 0 amide bonds. The molecule has 102 valence electrons. The van der Waals surface area contributed by atoms with Gasteiger partial charge in [-0.3, -0.25) is 0 Å². The van der Waals surface area contributed by atoms with Crippen LogP contribution in [0.5, 0.6) is 5.75 Å². The van der Waals surface area contributed by atoms with Gasteiger partial charge in [-0.2, -0.15) is 0 Å². The van der Waals surface area contributed by atoms with E-state index in [2.05, 4.69) is 0 Å². The summed E-state index contributed by atoms with van der Waals surface area (Å²) in [5.74, 6) is -0.429. The molecule has 0 radical (unpaired) electrons. The third-order valence-corrected chi connectivity index (χ3v) is 3.85. The molecule has 1 rings (SSSR count). The zero-order valence-corrected chi connectivity index (χ0v) is 11.5. The van der Waals surface area contributed by atoms with E-state index in [1.165, 1.54) is 11.3 Å². The summed E-state index contributed by atoms with van der Waals surface area (Å²) in [6.07, 6.45) is 4.50. The number of carboxylic acid groups (broad SMARTS) is 1. The van der Waals surface area contributed by atoms with E-state index in [0.29, 0.717) is 17.2 Å². The molecular formula is C13H20O4S.